The van der Waals surface area contributed by atoms with Gasteiger partial charge in [-0.3, -0.25) is 10.1 Å². The molecule has 0 amide bonds. The third-order valence-electron chi connectivity index (χ3n) is 2.66. The van der Waals surface area contributed by atoms with E-state index in [0.717, 1.165) is 5.56 Å². The van der Waals surface area contributed by atoms with Gasteiger partial charge in [0.2, 0.25) is 0 Å². The van der Waals surface area contributed by atoms with Gasteiger partial charge in [0.05, 0.1) is 20.1 Å². The van der Waals surface area contributed by atoms with Crippen molar-refractivity contribution >= 4 is 38.9 Å². The number of nitro groups is 1. The van der Waals surface area contributed by atoms with Crippen molar-refractivity contribution in [3.05, 3.63) is 61.6 Å². The molecule has 2 aromatic carbocycles. The maximum absolute atomic E-state index is 10.7. The Morgan fingerprint density at radius 3 is 2.70 bits per heavy atom. The van der Waals surface area contributed by atoms with Gasteiger partial charge in [-0.25, -0.2) is 0 Å². The molecule has 0 spiro atoms. The Balaban J connectivity index is 2.15. The minimum absolute atomic E-state index is 0.0243. The Morgan fingerprint density at radius 2 is 2.05 bits per heavy atom. The van der Waals surface area contributed by atoms with Crippen LogP contribution in [0.4, 0.5) is 11.4 Å². The van der Waals surface area contributed by atoms with Crippen LogP contribution >= 0.6 is 27.5 Å². The number of hydrogen-bond acceptors (Lipinski definition) is 4. The second-order valence-corrected chi connectivity index (χ2v) is 5.32. The van der Waals surface area contributed by atoms with Crippen LogP contribution in [0.15, 0.2) is 40.9 Å². The average molecular weight is 358 g/mol. The topological polar surface area (TPSA) is 75.4 Å². The number of nitrogens with one attached hydrogen (secondary N) is 1. The first-order valence-electron chi connectivity index (χ1n) is 5.62. The van der Waals surface area contributed by atoms with Crippen molar-refractivity contribution in [2.24, 2.45) is 0 Å². The first-order chi connectivity index (χ1) is 9.47. The first-order valence-corrected chi connectivity index (χ1v) is 6.79. The van der Waals surface area contributed by atoms with E-state index in [1.807, 2.05) is 0 Å². The Kier molecular flexibility index (Phi) is 4.46. The van der Waals surface area contributed by atoms with E-state index in [2.05, 4.69) is 21.2 Å². The molecule has 0 aromatic heterocycles. The minimum Gasteiger partial charge on any atom is -0.507 e. The summed E-state index contributed by atoms with van der Waals surface area (Å²) in [4.78, 5) is 10.2. The number of phenolic OH excluding ortho intramolecular Hbond substituents is 1. The molecule has 5 nitrogen and oxygen atoms in total. The monoisotopic (exact) mass is 356 g/mol. The van der Waals surface area contributed by atoms with Gasteiger partial charge in [-0.1, -0.05) is 17.7 Å². The largest absolute Gasteiger partial charge is 0.507 e. The summed E-state index contributed by atoms with van der Waals surface area (Å²) in [6.45, 7) is 0.430. The van der Waals surface area contributed by atoms with Gasteiger partial charge >= 0.3 is 0 Å². The number of nitro benzene ring substituents is 1. The molecule has 0 heterocycles. The quantitative estimate of drug-likeness (QED) is 0.631. The van der Waals surface area contributed by atoms with Crippen LogP contribution in [0.3, 0.4) is 0 Å². The second-order valence-electron chi connectivity index (χ2n) is 4.06. The van der Waals surface area contributed by atoms with E-state index < -0.39 is 4.92 Å². The molecular weight excluding hydrogens is 348 g/mol. The Bertz CT molecular complexity index is 664. The summed E-state index contributed by atoms with van der Waals surface area (Å²) in [6.07, 6.45) is 0. The predicted octanol–water partition coefficient (Wildman–Crippen LogP) is 4.33. The highest BCUT2D eigenvalue weighted by Gasteiger charge is 2.09. The lowest BCUT2D eigenvalue weighted by atomic mass is 10.2. The van der Waals surface area contributed by atoms with Crippen molar-refractivity contribution in [1.29, 1.82) is 0 Å². The summed E-state index contributed by atoms with van der Waals surface area (Å²) < 4.78 is 0.585. The van der Waals surface area contributed by atoms with Crippen LogP contribution < -0.4 is 5.32 Å². The van der Waals surface area contributed by atoms with Crippen LogP contribution in [-0.2, 0) is 6.54 Å². The molecule has 0 saturated heterocycles. The van der Waals surface area contributed by atoms with Crippen LogP contribution in [0, 0.1) is 10.1 Å². The number of rotatable bonds is 4. The highest BCUT2D eigenvalue weighted by atomic mass is 79.9. The molecule has 0 atom stereocenters. The average Bonchev–Trinajstić information content (AvgIpc) is 2.41. The first kappa shape index (κ1) is 14.6. The van der Waals surface area contributed by atoms with Gasteiger partial charge in [-0.05, 0) is 39.7 Å². The molecule has 2 N–H and O–H groups in total. The molecule has 0 aliphatic carbocycles. The Hall–Kier alpha value is -1.79. The summed E-state index contributed by atoms with van der Waals surface area (Å²) in [6, 6.07) is 9.29. The molecule has 2 rings (SSSR count). The molecule has 0 saturated carbocycles. The van der Waals surface area contributed by atoms with Crippen LogP contribution in [-0.4, -0.2) is 10.0 Å². The number of non-ortho nitro benzene ring substituents is 1. The molecule has 0 radical (unpaired) electrons. The summed E-state index contributed by atoms with van der Waals surface area (Å²) in [5.41, 5.74) is 1.37. The van der Waals surface area contributed by atoms with Gasteiger partial charge in [0, 0.05) is 18.7 Å². The maximum Gasteiger partial charge on any atom is 0.271 e. The van der Waals surface area contributed by atoms with Crippen molar-refractivity contribution in [3.63, 3.8) is 0 Å². The molecule has 0 fully saturated rings. The Morgan fingerprint density at radius 1 is 1.30 bits per heavy atom. The summed E-state index contributed by atoms with van der Waals surface area (Å²) in [5.74, 6) is 0.155. The van der Waals surface area contributed by atoms with Crippen LogP contribution in [0.1, 0.15) is 5.56 Å². The van der Waals surface area contributed by atoms with Crippen LogP contribution in [0.2, 0.25) is 5.02 Å². The number of phenols is 1. The number of nitrogens with zero attached hydrogens (tertiary/aromatic N) is 1. The van der Waals surface area contributed by atoms with Gasteiger partial charge in [-0.15, -0.1) is 0 Å². The van der Waals surface area contributed by atoms with Gasteiger partial charge in [0.15, 0.2) is 0 Å². The lowest BCUT2D eigenvalue weighted by molar-refractivity contribution is -0.384. The molecule has 0 aliphatic rings. The normalized spacial score (nSPS) is 10.3. The number of halogens is 2. The fourth-order valence-corrected chi connectivity index (χ4v) is 2.23. The second kappa shape index (κ2) is 6.11. The fourth-order valence-electron chi connectivity index (χ4n) is 1.62. The zero-order valence-electron chi connectivity index (χ0n) is 10.1. The standard InChI is InChI=1S/C13H10BrClN2O3/c14-10-5-8(1-4-13(10)18)7-16-12-6-9(17(19)20)2-3-11(12)15/h1-6,16,18H,7H2. The van der Waals surface area contributed by atoms with E-state index in [9.17, 15) is 15.2 Å². The fraction of sp³-hybridized carbons (Fsp3) is 0.0769. The number of benzene rings is 2. The third-order valence-corrected chi connectivity index (χ3v) is 3.62. The van der Waals surface area contributed by atoms with Gasteiger partial charge in [-0.2, -0.15) is 0 Å². The van der Waals surface area contributed by atoms with Gasteiger partial charge < -0.3 is 10.4 Å². The SMILES string of the molecule is O=[N+]([O-])c1ccc(Cl)c(NCc2ccc(O)c(Br)c2)c1. The van der Waals surface area contributed by atoms with E-state index in [4.69, 9.17) is 11.6 Å². The van der Waals surface area contributed by atoms with E-state index in [0.29, 0.717) is 21.7 Å². The summed E-state index contributed by atoms with van der Waals surface area (Å²) in [7, 11) is 0. The number of aromatic hydroxyl groups is 1. The summed E-state index contributed by atoms with van der Waals surface area (Å²) in [5, 5.41) is 23.6. The highest BCUT2D eigenvalue weighted by molar-refractivity contribution is 9.10. The lowest BCUT2D eigenvalue weighted by Crippen LogP contribution is -2.00. The molecule has 0 aliphatic heterocycles. The zero-order valence-corrected chi connectivity index (χ0v) is 12.5. The number of anilines is 1. The smallest absolute Gasteiger partial charge is 0.271 e. The maximum atomic E-state index is 10.7. The molecular formula is C13H10BrClN2O3. The van der Waals surface area contributed by atoms with Crippen molar-refractivity contribution in [1.82, 2.24) is 0 Å². The van der Waals surface area contributed by atoms with E-state index in [1.165, 1.54) is 18.2 Å². The molecule has 7 heteroatoms. The van der Waals surface area contributed by atoms with Gasteiger partial charge in [0.1, 0.15) is 5.75 Å². The van der Waals surface area contributed by atoms with Crippen molar-refractivity contribution < 1.29 is 10.0 Å². The third kappa shape index (κ3) is 3.40. The molecule has 20 heavy (non-hydrogen) atoms. The van der Waals surface area contributed by atoms with Crippen molar-refractivity contribution in [2.75, 3.05) is 5.32 Å². The Labute approximate surface area is 128 Å². The summed E-state index contributed by atoms with van der Waals surface area (Å²) >= 11 is 9.21. The predicted molar refractivity (Wildman–Crippen MR) is 81.2 cm³/mol. The van der Waals surface area contributed by atoms with E-state index >= 15 is 0 Å². The van der Waals surface area contributed by atoms with Crippen LogP contribution in [0.25, 0.3) is 0 Å². The molecule has 0 unspecified atom stereocenters. The van der Waals surface area contributed by atoms with Gasteiger partial charge in [0.25, 0.3) is 5.69 Å². The molecule has 0 bridgehead atoms. The molecule has 2 aromatic rings. The van der Waals surface area contributed by atoms with Crippen LogP contribution in [0.5, 0.6) is 5.75 Å². The number of hydrogen-bond donors (Lipinski definition) is 2. The van der Waals surface area contributed by atoms with E-state index in [1.54, 1.807) is 18.2 Å². The minimum atomic E-state index is -0.474. The highest BCUT2D eigenvalue weighted by Crippen LogP contribution is 2.28. The van der Waals surface area contributed by atoms with E-state index in [-0.39, 0.29) is 11.4 Å². The lowest BCUT2D eigenvalue weighted by Gasteiger charge is -2.09. The molecule has 104 valence electrons. The zero-order chi connectivity index (χ0) is 14.7. The van der Waals surface area contributed by atoms with Crippen molar-refractivity contribution in [3.8, 4) is 5.75 Å². The van der Waals surface area contributed by atoms with Crippen molar-refractivity contribution in [2.45, 2.75) is 6.54 Å².